The van der Waals surface area contributed by atoms with Gasteiger partial charge in [-0.2, -0.15) is 0 Å². The summed E-state index contributed by atoms with van der Waals surface area (Å²) in [5.41, 5.74) is -0.204. The number of carbonyl (C=O) groups is 2. The molecule has 8 nitrogen and oxygen atoms in total. The van der Waals surface area contributed by atoms with E-state index in [0.717, 1.165) is 11.6 Å². The van der Waals surface area contributed by atoms with E-state index in [4.69, 9.17) is 21.1 Å². The SMILES string of the molecule is COC(=O)C1OCN(Cc2ccccc2)C12CC1CC[C@@H](C2)C1S(=O)(=O)c1cc(C(=O)Nc2cc(F)c(F)c(F)c2)ccc1Cl. The molecule has 238 valence electrons. The molecule has 3 aromatic carbocycles. The van der Waals surface area contributed by atoms with Crippen molar-refractivity contribution in [2.75, 3.05) is 19.2 Å². The molecule has 0 radical (unpaired) electrons. The molecular formula is C32H30ClF3N2O6S. The number of methoxy groups -OCH3 is 1. The van der Waals surface area contributed by atoms with Crippen molar-refractivity contribution in [1.82, 2.24) is 4.90 Å². The normalized spacial score (nSPS) is 26.2. The van der Waals surface area contributed by atoms with Gasteiger partial charge in [-0.3, -0.25) is 9.69 Å². The van der Waals surface area contributed by atoms with Crippen LogP contribution in [0, 0.1) is 29.3 Å². The highest BCUT2D eigenvalue weighted by Crippen LogP contribution is 2.56. The van der Waals surface area contributed by atoms with E-state index < -0.39 is 56.1 Å². The molecule has 1 amide bonds. The first-order chi connectivity index (χ1) is 21.4. The van der Waals surface area contributed by atoms with E-state index in [1.54, 1.807) is 0 Å². The average Bonchev–Trinajstić information content (AvgIpc) is 3.49. The van der Waals surface area contributed by atoms with Crippen LogP contribution >= 0.6 is 11.6 Å². The molecular weight excluding hydrogens is 633 g/mol. The van der Waals surface area contributed by atoms with Crippen LogP contribution in [-0.2, 0) is 30.7 Å². The summed E-state index contributed by atoms with van der Waals surface area (Å²) >= 11 is 6.42. The molecule has 1 spiro atoms. The van der Waals surface area contributed by atoms with Crippen molar-refractivity contribution in [3.05, 3.63) is 94.3 Å². The number of amides is 1. The van der Waals surface area contributed by atoms with Gasteiger partial charge in [0.1, 0.15) is 6.73 Å². The third kappa shape index (κ3) is 5.62. The summed E-state index contributed by atoms with van der Waals surface area (Å²) in [7, 11) is -2.80. The van der Waals surface area contributed by atoms with Gasteiger partial charge in [0, 0.05) is 29.9 Å². The molecule has 1 heterocycles. The molecule has 3 aromatic rings. The van der Waals surface area contributed by atoms with Gasteiger partial charge in [-0.25, -0.2) is 26.4 Å². The van der Waals surface area contributed by atoms with Gasteiger partial charge in [0.2, 0.25) is 0 Å². The molecule has 2 aliphatic carbocycles. The van der Waals surface area contributed by atoms with Crippen molar-refractivity contribution in [3.8, 4) is 0 Å². The third-order valence-corrected chi connectivity index (χ3v) is 12.2. The van der Waals surface area contributed by atoms with Crippen LogP contribution in [0.2, 0.25) is 5.02 Å². The first kappa shape index (κ1) is 31.5. The number of carbonyl (C=O) groups excluding carboxylic acids is 2. The lowest BCUT2D eigenvalue weighted by Crippen LogP contribution is -2.59. The zero-order chi connectivity index (χ0) is 32.1. The standard InChI is InChI=1S/C32H30ClF3N2O6S/c1-43-31(40)29-32(38(17-44-29)16-18-5-3-2-4-6-18)14-20-7-8-21(15-32)28(20)45(41,42)26-11-19(9-10-23(26)33)30(39)37-22-12-24(34)27(36)25(35)13-22/h2-6,9-13,20-21,28-29H,7-8,14-17H2,1H3,(H,37,39)/t20-,21?,28?,29?,32?/m0/s1. The number of fused-ring (bicyclic) bond motifs is 2. The number of benzene rings is 3. The van der Waals surface area contributed by atoms with Crippen LogP contribution in [-0.4, -0.2) is 55.9 Å². The number of rotatable bonds is 7. The van der Waals surface area contributed by atoms with Crippen molar-refractivity contribution >= 4 is 39.0 Å². The van der Waals surface area contributed by atoms with Crippen LogP contribution in [0.1, 0.15) is 41.6 Å². The third-order valence-electron chi connectivity index (χ3n) is 9.32. The number of ether oxygens (including phenoxy) is 2. The summed E-state index contributed by atoms with van der Waals surface area (Å²) < 4.78 is 80.4. The number of anilines is 1. The fourth-order valence-electron chi connectivity index (χ4n) is 7.40. The van der Waals surface area contributed by atoms with Crippen LogP contribution < -0.4 is 5.32 Å². The Morgan fingerprint density at radius 3 is 2.29 bits per heavy atom. The highest BCUT2D eigenvalue weighted by Gasteiger charge is 2.63. The van der Waals surface area contributed by atoms with Crippen LogP contribution in [0.15, 0.2) is 65.6 Å². The second kappa shape index (κ2) is 12.1. The molecule has 5 atom stereocenters. The number of nitrogens with zero attached hydrogens (tertiary/aromatic N) is 1. The van der Waals surface area contributed by atoms with E-state index in [2.05, 4.69) is 10.2 Å². The first-order valence-corrected chi connectivity index (χ1v) is 16.3. The highest BCUT2D eigenvalue weighted by molar-refractivity contribution is 7.92. The van der Waals surface area contributed by atoms with Crippen molar-refractivity contribution in [1.29, 1.82) is 0 Å². The maximum absolute atomic E-state index is 14.3. The first-order valence-electron chi connectivity index (χ1n) is 14.4. The number of hydrogen-bond acceptors (Lipinski definition) is 7. The van der Waals surface area contributed by atoms with E-state index in [9.17, 15) is 31.2 Å². The predicted molar refractivity (Wildman–Crippen MR) is 159 cm³/mol. The molecule has 4 unspecified atom stereocenters. The molecule has 2 saturated carbocycles. The summed E-state index contributed by atoms with van der Waals surface area (Å²) in [6, 6.07) is 14.7. The van der Waals surface area contributed by atoms with Crippen LogP contribution in [0.4, 0.5) is 18.9 Å². The summed E-state index contributed by atoms with van der Waals surface area (Å²) in [6.45, 7) is 0.701. The summed E-state index contributed by atoms with van der Waals surface area (Å²) in [4.78, 5) is 27.8. The number of nitrogens with one attached hydrogen (secondary N) is 1. The van der Waals surface area contributed by atoms with Crippen LogP contribution in [0.5, 0.6) is 0 Å². The van der Waals surface area contributed by atoms with Crippen molar-refractivity contribution < 1.29 is 40.7 Å². The van der Waals surface area contributed by atoms with E-state index in [-0.39, 0.29) is 39.7 Å². The Balaban J connectivity index is 1.29. The van der Waals surface area contributed by atoms with Gasteiger partial charge < -0.3 is 14.8 Å². The Morgan fingerprint density at radius 2 is 1.67 bits per heavy atom. The molecule has 45 heavy (non-hydrogen) atoms. The van der Waals surface area contributed by atoms with Gasteiger partial charge >= 0.3 is 5.97 Å². The topological polar surface area (TPSA) is 102 Å². The fraction of sp³-hybridized carbons (Fsp3) is 0.375. The maximum Gasteiger partial charge on any atom is 0.337 e. The lowest BCUT2D eigenvalue weighted by Gasteiger charge is -2.47. The lowest BCUT2D eigenvalue weighted by molar-refractivity contribution is -0.155. The largest absolute Gasteiger partial charge is 0.467 e. The molecule has 13 heteroatoms. The Hall–Kier alpha value is -3.45. The van der Waals surface area contributed by atoms with Crippen molar-refractivity contribution in [2.24, 2.45) is 11.8 Å². The Kier molecular flexibility index (Phi) is 8.44. The molecule has 1 aliphatic heterocycles. The summed E-state index contributed by atoms with van der Waals surface area (Å²) in [6.07, 6.45) is 1.10. The molecule has 1 N–H and O–H groups in total. The zero-order valence-corrected chi connectivity index (χ0v) is 25.7. The second-order valence-corrected chi connectivity index (χ2v) is 14.3. The zero-order valence-electron chi connectivity index (χ0n) is 24.1. The molecule has 3 fully saturated rings. The van der Waals surface area contributed by atoms with Gasteiger partial charge in [0.05, 0.1) is 27.8 Å². The van der Waals surface area contributed by atoms with E-state index in [0.29, 0.717) is 44.4 Å². The number of sulfone groups is 1. The van der Waals surface area contributed by atoms with Gasteiger partial charge in [-0.1, -0.05) is 41.9 Å². The Morgan fingerprint density at radius 1 is 1.02 bits per heavy atom. The molecule has 0 aromatic heterocycles. The average molecular weight is 663 g/mol. The summed E-state index contributed by atoms with van der Waals surface area (Å²) in [5.74, 6) is -6.69. The summed E-state index contributed by atoms with van der Waals surface area (Å²) in [5, 5.41) is 1.37. The Bertz CT molecular complexity index is 1720. The second-order valence-electron chi connectivity index (χ2n) is 11.9. The smallest absolute Gasteiger partial charge is 0.337 e. The number of esters is 1. The van der Waals surface area contributed by atoms with Gasteiger partial charge in [0.15, 0.2) is 33.4 Å². The lowest BCUT2D eigenvalue weighted by atomic mass is 9.71. The fourth-order valence-corrected chi connectivity index (χ4v) is 10.2. The highest BCUT2D eigenvalue weighted by atomic mass is 35.5. The predicted octanol–water partition coefficient (Wildman–Crippen LogP) is 5.74. The van der Waals surface area contributed by atoms with E-state index in [1.807, 2.05) is 30.3 Å². The van der Waals surface area contributed by atoms with Gasteiger partial charge in [-0.15, -0.1) is 0 Å². The molecule has 3 aliphatic rings. The minimum absolute atomic E-state index is 0.0764. The molecule has 1 saturated heterocycles. The maximum atomic E-state index is 14.3. The van der Waals surface area contributed by atoms with Gasteiger partial charge in [0.25, 0.3) is 5.91 Å². The van der Waals surface area contributed by atoms with E-state index >= 15 is 0 Å². The number of hydrogen-bond donors (Lipinski definition) is 1. The van der Waals surface area contributed by atoms with Crippen LogP contribution in [0.25, 0.3) is 0 Å². The monoisotopic (exact) mass is 662 g/mol. The minimum Gasteiger partial charge on any atom is -0.467 e. The van der Waals surface area contributed by atoms with Gasteiger partial charge in [-0.05, 0) is 61.3 Å². The Labute approximate surface area is 263 Å². The van der Waals surface area contributed by atoms with Crippen LogP contribution in [0.3, 0.4) is 0 Å². The molecule has 2 bridgehead atoms. The van der Waals surface area contributed by atoms with Crippen molar-refractivity contribution in [3.63, 3.8) is 0 Å². The molecule has 6 rings (SSSR count). The number of halogens is 4. The quantitative estimate of drug-likeness (QED) is 0.254. The van der Waals surface area contributed by atoms with E-state index in [1.165, 1.54) is 19.2 Å². The van der Waals surface area contributed by atoms with Crippen molar-refractivity contribution in [2.45, 2.75) is 54.0 Å². The minimum atomic E-state index is -4.10.